The van der Waals surface area contributed by atoms with Crippen molar-refractivity contribution in [3.63, 3.8) is 0 Å². The van der Waals surface area contributed by atoms with Crippen molar-refractivity contribution in [1.82, 2.24) is 4.98 Å². The number of aromatic nitrogens is 1. The molecule has 0 unspecified atom stereocenters. The number of anilines is 2. The molecule has 104 valence electrons. The molecule has 0 saturated carbocycles. The molecule has 3 N–H and O–H groups in total. The van der Waals surface area contributed by atoms with Crippen LogP contribution >= 0.6 is 0 Å². The van der Waals surface area contributed by atoms with Crippen molar-refractivity contribution in [2.75, 3.05) is 17.2 Å². The van der Waals surface area contributed by atoms with Crippen molar-refractivity contribution < 1.29 is 4.79 Å². The van der Waals surface area contributed by atoms with Crippen molar-refractivity contribution in [2.45, 2.75) is 6.42 Å². The average molecular weight is 277 g/mol. The first-order valence-electron chi connectivity index (χ1n) is 7.05. The summed E-state index contributed by atoms with van der Waals surface area (Å²) in [6, 6.07) is 13.7. The van der Waals surface area contributed by atoms with Crippen LogP contribution in [0.15, 0.2) is 48.7 Å². The molecule has 2 aromatic carbocycles. The van der Waals surface area contributed by atoms with Crippen molar-refractivity contribution in [3.8, 4) is 0 Å². The quantitative estimate of drug-likeness (QED) is 0.672. The first kappa shape index (κ1) is 12.0. The highest BCUT2D eigenvalue weighted by molar-refractivity contribution is 6.05. The van der Waals surface area contributed by atoms with Crippen molar-refractivity contribution in [3.05, 3.63) is 59.8 Å². The zero-order valence-electron chi connectivity index (χ0n) is 11.4. The molecule has 1 amide bonds. The van der Waals surface area contributed by atoms with Gasteiger partial charge in [0.1, 0.15) is 0 Å². The molecule has 21 heavy (non-hydrogen) atoms. The second-order valence-corrected chi connectivity index (χ2v) is 5.28. The molecule has 4 rings (SSSR count). The van der Waals surface area contributed by atoms with Gasteiger partial charge in [0.2, 0.25) is 0 Å². The van der Waals surface area contributed by atoms with E-state index in [-0.39, 0.29) is 5.91 Å². The smallest absolute Gasteiger partial charge is 0.255 e. The third-order valence-corrected chi connectivity index (χ3v) is 3.89. The Balaban J connectivity index is 1.59. The molecule has 3 aromatic rings. The molecule has 0 atom stereocenters. The number of hydrogen-bond acceptors (Lipinski definition) is 2. The minimum atomic E-state index is -0.0821. The van der Waals surface area contributed by atoms with Gasteiger partial charge in [-0.25, -0.2) is 0 Å². The summed E-state index contributed by atoms with van der Waals surface area (Å²) < 4.78 is 0. The topological polar surface area (TPSA) is 56.9 Å². The molecule has 0 radical (unpaired) electrons. The van der Waals surface area contributed by atoms with Crippen molar-refractivity contribution in [2.24, 2.45) is 0 Å². The summed E-state index contributed by atoms with van der Waals surface area (Å²) in [5.74, 6) is -0.0821. The van der Waals surface area contributed by atoms with Crippen LogP contribution in [0.2, 0.25) is 0 Å². The third-order valence-electron chi connectivity index (χ3n) is 3.89. The maximum absolute atomic E-state index is 12.3. The lowest BCUT2D eigenvalue weighted by Gasteiger charge is -2.07. The summed E-state index contributed by atoms with van der Waals surface area (Å²) >= 11 is 0. The van der Waals surface area contributed by atoms with E-state index in [4.69, 9.17) is 0 Å². The van der Waals surface area contributed by atoms with Crippen LogP contribution in [0.3, 0.4) is 0 Å². The van der Waals surface area contributed by atoms with Gasteiger partial charge >= 0.3 is 0 Å². The molecule has 4 heteroatoms. The maximum Gasteiger partial charge on any atom is 0.255 e. The Morgan fingerprint density at radius 2 is 2.05 bits per heavy atom. The number of rotatable bonds is 2. The Labute approximate surface area is 122 Å². The van der Waals surface area contributed by atoms with Crippen LogP contribution in [0.25, 0.3) is 10.9 Å². The van der Waals surface area contributed by atoms with Gasteiger partial charge in [0.15, 0.2) is 0 Å². The number of amides is 1. The predicted molar refractivity (Wildman–Crippen MR) is 84.9 cm³/mol. The standard InChI is InChI=1S/C17H15N3O/c21-17(13-2-1-11-5-7-19-16(11)10-13)20-14-3-4-15-12(9-14)6-8-18-15/h1-4,6,8-10,18-19H,5,7H2,(H,20,21). The van der Waals surface area contributed by atoms with Crippen LogP contribution in [-0.4, -0.2) is 17.4 Å². The van der Waals surface area contributed by atoms with Crippen molar-refractivity contribution in [1.29, 1.82) is 0 Å². The van der Waals surface area contributed by atoms with Gasteiger partial charge in [-0.2, -0.15) is 0 Å². The number of aromatic amines is 1. The first-order valence-corrected chi connectivity index (χ1v) is 7.05. The number of fused-ring (bicyclic) bond motifs is 2. The lowest BCUT2D eigenvalue weighted by molar-refractivity contribution is 0.102. The van der Waals surface area contributed by atoms with E-state index >= 15 is 0 Å². The van der Waals surface area contributed by atoms with E-state index < -0.39 is 0 Å². The van der Waals surface area contributed by atoms with Gasteiger partial charge in [0.25, 0.3) is 5.91 Å². The first-order chi connectivity index (χ1) is 10.3. The number of H-pyrrole nitrogens is 1. The zero-order valence-corrected chi connectivity index (χ0v) is 11.4. The number of carbonyl (C=O) groups excluding carboxylic acids is 1. The lowest BCUT2D eigenvalue weighted by Crippen LogP contribution is -2.12. The second kappa shape index (κ2) is 4.66. The van der Waals surface area contributed by atoms with E-state index in [1.165, 1.54) is 5.56 Å². The number of hydrogen-bond donors (Lipinski definition) is 3. The maximum atomic E-state index is 12.3. The molecule has 1 aliphatic rings. The Bertz CT molecular complexity index is 835. The van der Waals surface area contributed by atoms with E-state index in [2.05, 4.69) is 15.6 Å². The Morgan fingerprint density at radius 1 is 1.10 bits per heavy atom. The fourth-order valence-corrected chi connectivity index (χ4v) is 2.77. The molecule has 2 heterocycles. The highest BCUT2D eigenvalue weighted by atomic mass is 16.1. The molecule has 0 bridgehead atoms. The SMILES string of the molecule is O=C(Nc1ccc2[nH]ccc2c1)c1ccc2c(c1)NCC2. The van der Waals surface area contributed by atoms with Crippen LogP contribution in [0.4, 0.5) is 11.4 Å². The van der Waals surface area contributed by atoms with Gasteiger partial charge < -0.3 is 15.6 Å². The van der Waals surface area contributed by atoms with E-state index in [1.54, 1.807) is 0 Å². The molecule has 0 aliphatic carbocycles. The molecule has 0 saturated heterocycles. The number of benzene rings is 2. The number of nitrogens with one attached hydrogen (secondary N) is 3. The fraction of sp³-hybridized carbons (Fsp3) is 0.118. The molecule has 0 fully saturated rings. The molecule has 1 aliphatic heterocycles. The monoisotopic (exact) mass is 277 g/mol. The van der Waals surface area contributed by atoms with Crippen LogP contribution in [0, 0.1) is 0 Å². The Kier molecular flexibility index (Phi) is 2.67. The van der Waals surface area contributed by atoms with Crippen LogP contribution in [0.1, 0.15) is 15.9 Å². The summed E-state index contributed by atoms with van der Waals surface area (Å²) in [7, 11) is 0. The highest BCUT2D eigenvalue weighted by Gasteiger charge is 2.13. The van der Waals surface area contributed by atoms with Gasteiger partial charge in [-0.05, 0) is 48.4 Å². The van der Waals surface area contributed by atoms with Crippen molar-refractivity contribution >= 4 is 28.2 Å². The normalized spacial score (nSPS) is 13.0. The predicted octanol–water partition coefficient (Wildman–Crippen LogP) is 3.39. The van der Waals surface area contributed by atoms with E-state index in [0.717, 1.165) is 35.2 Å². The van der Waals surface area contributed by atoms with Gasteiger partial charge in [0, 0.05) is 40.6 Å². The fourth-order valence-electron chi connectivity index (χ4n) is 2.77. The van der Waals surface area contributed by atoms with E-state index in [0.29, 0.717) is 5.56 Å². The number of carbonyl (C=O) groups is 1. The Morgan fingerprint density at radius 3 is 3.00 bits per heavy atom. The van der Waals surface area contributed by atoms with Gasteiger partial charge in [-0.1, -0.05) is 6.07 Å². The minimum absolute atomic E-state index is 0.0821. The Hall–Kier alpha value is -2.75. The molecular weight excluding hydrogens is 262 g/mol. The largest absolute Gasteiger partial charge is 0.384 e. The summed E-state index contributed by atoms with van der Waals surface area (Å²) in [6.07, 6.45) is 2.92. The summed E-state index contributed by atoms with van der Waals surface area (Å²) in [5.41, 5.74) is 4.90. The molecular formula is C17H15N3O. The molecule has 1 aromatic heterocycles. The van der Waals surface area contributed by atoms with Gasteiger partial charge in [0.05, 0.1) is 0 Å². The van der Waals surface area contributed by atoms with E-state index in [9.17, 15) is 4.79 Å². The third kappa shape index (κ3) is 2.14. The minimum Gasteiger partial charge on any atom is -0.384 e. The summed E-state index contributed by atoms with van der Waals surface area (Å²) in [4.78, 5) is 15.5. The zero-order chi connectivity index (χ0) is 14.2. The van der Waals surface area contributed by atoms with Crippen LogP contribution < -0.4 is 10.6 Å². The summed E-state index contributed by atoms with van der Waals surface area (Å²) in [6.45, 7) is 0.949. The average Bonchev–Trinajstić information content (AvgIpc) is 3.14. The van der Waals surface area contributed by atoms with Gasteiger partial charge in [-0.3, -0.25) is 4.79 Å². The van der Waals surface area contributed by atoms with E-state index in [1.807, 2.05) is 48.7 Å². The molecule has 4 nitrogen and oxygen atoms in total. The van der Waals surface area contributed by atoms with Crippen LogP contribution in [-0.2, 0) is 6.42 Å². The molecule has 0 spiro atoms. The highest BCUT2D eigenvalue weighted by Crippen LogP contribution is 2.24. The lowest BCUT2D eigenvalue weighted by atomic mass is 10.1. The van der Waals surface area contributed by atoms with Crippen LogP contribution in [0.5, 0.6) is 0 Å². The van der Waals surface area contributed by atoms with Gasteiger partial charge in [-0.15, -0.1) is 0 Å². The second-order valence-electron chi connectivity index (χ2n) is 5.28. The summed E-state index contributed by atoms with van der Waals surface area (Å²) in [5, 5.41) is 7.33.